The topological polar surface area (TPSA) is 66.6 Å². The van der Waals surface area contributed by atoms with Crippen molar-refractivity contribution in [2.24, 2.45) is 0 Å². The van der Waals surface area contributed by atoms with Crippen molar-refractivity contribution >= 4 is 15.7 Å². The molecule has 1 unspecified atom stereocenters. The van der Waals surface area contributed by atoms with Crippen LogP contribution in [0.2, 0.25) is 0 Å². The summed E-state index contributed by atoms with van der Waals surface area (Å²) in [6.07, 6.45) is 0. The molecule has 1 aliphatic heterocycles. The van der Waals surface area contributed by atoms with E-state index in [4.69, 9.17) is 5.73 Å². The quantitative estimate of drug-likeness (QED) is 0.861. The van der Waals surface area contributed by atoms with E-state index in [1.54, 1.807) is 10.4 Å². The Labute approximate surface area is 127 Å². The van der Waals surface area contributed by atoms with E-state index in [1.807, 2.05) is 19.9 Å². The fraction of sp³-hybridized carbons (Fsp3) is 0.600. The molecule has 0 amide bonds. The highest BCUT2D eigenvalue weighted by Crippen LogP contribution is 2.26. The predicted octanol–water partition coefficient (Wildman–Crippen LogP) is 1.60. The van der Waals surface area contributed by atoms with E-state index >= 15 is 0 Å². The molecule has 0 saturated carbocycles. The van der Waals surface area contributed by atoms with Gasteiger partial charge in [0.1, 0.15) is 0 Å². The lowest BCUT2D eigenvalue weighted by molar-refractivity contribution is 0.135. The van der Waals surface area contributed by atoms with Crippen LogP contribution in [0.15, 0.2) is 17.0 Å². The third-order valence-electron chi connectivity index (χ3n) is 4.39. The van der Waals surface area contributed by atoms with E-state index < -0.39 is 10.0 Å². The molecule has 2 N–H and O–H groups in total. The van der Waals surface area contributed by atoms with Gasteiger partial charge in [0.25, 0.3) is 0 Å². The standard InChI is InChI=1S/C15H25N3O2S/c1-5-17-6-7-18(10-12(17)3)21(19,20)15-9-14(16)8-11(2)13(15)4/h8-9,12H,5-7,10,16H2,1-4H3. The Morgan fingerprint density at radius 3 is 2.52 bits per heavy atom. The van der Waals surface area contributed by atoms with Crippen LogP contribution in [0.1, 0.15) is 25.0 Å². The van der Waals surface area contributed by atoms with E-state index in [0.29, 0.717) is 23.7 Å². The summed E-state index contributed by atoms with van der Waals surface area (Å²) in [4.78, 5) is 2.64. The number of rotatable bonds is 3. The summed E-state index contributed by atoms with van der Waals surface area (Å²) < 4.78 is 27.4. The van der Waals surface area contributed by atoms with E-state index in [9.17, 15) is 8.42 Å². The first-order valence-corrected chi connectivity index (χ1v) is 8.82. The molecular weight excluding hydrogens is 286 g/mol. The summed E-state index contributed by atoms with van der Waals surface area (Å²) >= 11 is 0. The Morgan fingerprint density at radius 2 is 1.95 bits per heavy atom. The van der Waals surface area contributed by atoms with Crippen molar-refractivity contribution in [3.05, 3.63) is 23.3 Å². The average Bonchev–Trinajstić information content (AvgIpc) is 2.42. The second-order valence-corrected chi connectivity index (χ2v) is 7.71. The number of piperazine rings is 1. The molecule has 118 valence electrons. The van der Waals surface area contributed by atoms with Crippen molar-refractivity contribution in [3.8, 4) is 0 Å². The largest absolute Gasteiger partial charge is 0.399 e. The van der Waals surface area contributed by atoms with Gasteiger partial charge in [-0.25, -0.2) is 8.42 Å². The maximum Gasteiger partial charge on any atom is 0.243 e. The molecule has 0 radical (unpaired) electrons. The van der Waals surface area contributed by atoms with Gasteiger partial charge in [0.15, 0.2) is 0 Å². The van der Waals surface area contributed by atoms with Gasteiger partial charge in [-0.1, -0.05) is 6.92 Å². The van der Waals surface area contributed by atoms with E-state index in [1.165, 1.54) is 0 Å². The summed E-state index contributed by atoms with van der Waals surface area (Å²) in [7, 11) is -3.48. The highest BCUT2D eigenvalue weighted by Gasteiger charge is 2.32. The van der Waals surface area contributed by atoms with Gasteiger partial charge in [-0.15, -0.1) is 0 Å². The molecular formula is C15H25N3O2S. The smallest absolute Gasteiger partial charge is 0.243 e. The molecule has 1 aliphatic rings. The summed E-state index contributed by atoms with van der Waals surface area (Å²) in [5.74, 6) is 0. The van der Waals surface area contributed by atoms with Crippen molar-refractivity contribution in [3.63, 3.8) is 0 Å². The summed E-state index contributed by atoms with van der Waals surface area (Å²) in [6, 6.07) is 3.63. The molecule has 1 aromatic rings. The normalized spacial score (nSPS) is 21.6. The molecule has 0 bridgehead atoms. The first-order chi connectivity index (χ1) is 9.77. The number of hydrogen-bond donors (Lipinski definition) is 1. The summed E-state index contributed by atoms with van der Waals surface area (Å²) in [5.41, 5.74) is 8.03. The number of nitrogens with two attached hydrogens (primary N) is 1. The zero-order chi connectivity index (χ0) is 15.8. The number of anilines is 1. The number of benzene rings is 1. The van der Waals surface area contributed by atoms with Gasteiger partial charge in [0.05, 0.1) is 4.90 Å². The minimum atomic E-state index is -3.48. The van der Waals surface area contributed by atoms with Crippen LogP contribution in [0.4, 0.5) is 5.69 Å². The minimum Gasteiger partial charge on any atom is -0.399 e. The molecule has 1 fully saturated rings. The highest BCUT2D eigenvalue weighted by atomic mass is 32.2. The van der Waals surface area contributed by atoms with Gasteiger partial charge in [-0.3, -0.25) is 4.90 Å². The molecule has 0 aliphatic carbocycles. The molecule has 5 nitrogen and oxygen atoms in total. The van der Waals surface area contributed by atoms with Crippen molar-refractivity contribution in [1.29, 1.82) is 0 Å². The SMILES string of the molecule is CCN1CCN(S(=O)(=O)c2cc(N)cc(C)c2C)CC1C. The van der Waals surface area contributed by atoms with Gasteiger partial charge in [0, 0.05) is 31.4 Å². The van der Waals surface area contributed by atoms with Crippen LogP contribution in [0, 0.1) is 13.8 Å². The first-order valence-electron chi connectivity index (χ1n) is 7.38. The summed E-state index contributed by atoms with van der Waals surface area (Å²) in [5, 5.41) is 0. The predicted molar refractivity (Wildman–Crippen MR) is 85.8 cm³/mol. The van der Waals surface area contributed by atoms with Crippen molar-refractivity contribution < 1.29 is 8.42 Å². The van der Waals surface area contributed by atoms with Crippen LogP contribution in [-0.4, -0.2) is 49.8 Å². The van der Waals surface area contributed by atoms with Crippen LogP contribution in [0.25, 0.3) is 0 Å². The third kappa shape index (κ3) is 3.07. The molecule has 1 heterocycles. The first kappa shape index (κ1) is 16.3. The molecule has 0 spiro atoms. The van der Waals surface area contributed by atoms with Gasteiger partial charge < -0.3 is 5.73 Å². The van der Waals surface area contributed by atoms with Crippen LogP contribution in [0.3, 0.4) is 0 Å². The maximum atomic E-state index is 12.9. The van der Waals surface area contributed by atoms with Crippen LogP contribution >= 0.6 is 0 Å². The van der Waals surface area contributed by atoms with Gasteiger partial charge >= 0.3 is 0 Å². The van der Waals surface area contributed by atoms with Crippen LogP contribution in [-0.2, 0) is 10.0 Å². The zero-order valence-electron chi connectivity index (χ0n) is 13.3. The number of aryl methyl sites for hydroxylation is 1. The Kier molecular flexibility index (Phi) is 4.60. The summed E-state index contributed by atoms with van der Waals surface area (Å²) in [6.45, 7) is 10.7. The van der Waals surface area contributed by atoms with Crippen LogP contribution < -0.4 is 5.73 Å². The molecule has 6 heteroatoms. The maximum absolute atomic E-state index is 12.9. The van der Waals surface area contributed by atoms with Gasteiger partial charge in [0.2, 0.25) is 10.0 Å². The number of hydrogen-bond acceptors (Lipinski definition) is 4. The van der Waals surface area contributed by atoms with E-state index in [0.717, 1.165) is 24.2 Å². The molecule has 1 saturated heterocycles. The van der Waals surface area contributed by atoms with Crippen LogP contribution in [0.5, 0.6) is 0 Å². The minimum absolute atomic E-state index is 0.237. The number of sulfonamides is 1. The van der Waals surface area contributed by atoms with E-state index in [-0.39, 0.29) is 6.04 Å². The average molecular weight is 311 g/mol. The lowest BCUT2D eigenvalue weighted by atomic mass is 10.1. The Hall–Kier alpha value is -1.11. The highest BCUT2D eigenvalue weighted by molar-refractivity contribution is 7.89. The Bertz CT molecular complexity index is 628. The molecule has 2 rings (SSSR count). The molecule has 21 heavy (non-hydrogen) atoms. The van der Waals surface area contributed by atoms with Gasteiger partial charge in [-0.05, 0) is 50.6 Å². The van der Waals surface area contributed by atoms with Crippen molar-refractivity contribution in [2.45, 2.75) is 38.6 Å². The lowest BCUT2D eigenvalue weighted by Crippen LogP contribution is -2.53. The number of likely N-dealkylation sites (N-methyl/N-ethyl adjacent to an activating group) is 1. The van der Waals surface area contributed by atoms with Gasteiger partial charge in [-0.2, -0.15) is 4.31 Å². The lowest BCUT2D eigenvalue weighted by Gasteiger charge is -2.38. The van der Waals surface area contributed by atoms with E-state index in [2.05, 4.69) is 18.7 Å². The second kappa shape index (κ2) is 5.94. The Morgan fingerprint density at radius 1 is 1.29 bits per heavy atom. The number of nitrogens with zero attached hydrogens (tertiary/aromatic N) is 2. The molecule has 0 aromatic heterocycles. The monoisotopic (exact) mass is 311 g/mol. The molecule has 1 atom stereocenters. The fourth-order valence-corrected chi connectivity index (χ4v) is 4.76. The Balaban J connectivity index is 2.36. The van der Waals surface area contributed by atoms with Crippen molar-refractivity contribution in [1.82, 2.24) is 9.21 Å². The fourth-order valence-electron chi connectivity index (χ4n) is 2.91. The second-order valence-electron chi connectivity index (χ2n) is 5.80. The third-order valence-corrected chi connectivity index (χ3v) is 6.39. The van der Waals surface area contributed by atoms with Crippen molar-refractivity contribution in [2.75, 3.05) is 31.9 Å². The zero-order valence-corrected chi connectivity index (χ0v) is 14.1. The molecule has 1 aromatic carbocycles. The number of nitrogen functional groups attached to an aromatic ring is 1.